The van der Waals surface area contributed by atoms with E-state index in [0.717, 1.165) is 36.5 Å². The van der Waals surface area contributed by atoms with Gasteiger partial charge in [0.15, 0.2) is 0 Å². The highest BCUT2D eigenvalue weighted by atomic mass is 19.1. The lowest BCUT2D eigenvalue weighted by atomic mass is 10.0. The molecular formula is C22H23FN4O. The molecule has 2 atom stereocenters. The van der Waals surface area contributed by atoms with Gasteiger partial charge in [0.05, 0.1) is 5.69 Å². The monoisotopic (exact) mass is 378 g/mol. The number of aromatic nitrogens is 2. The first kappa shape index (κ1) is 18.4. The Morgan fingerprint density at radius 3 is 2.68 bits per heavy atom. The van der Waals surface area contributed by atoms with E-state index in [0.29, 0.717) is 5.69 Å². The first-order valence-corrected chi connectivity index (χ1v) is 9.48. The van der Waals surface area contributed by atoms with Gasteiger partial charge >= 0.3 is 0 Å². The number of aryl methyl sites for hydroxylation is 2. The first-order valence-electron chi connectivity index (χ1n) is 9.48. The first-order chi connectivity index (χ1) is 13.6. The van der Waals surface area contributed by atoms with Crippen LogP contribution in [0.25, 0.3) is 0 Å². The van der Waals surface area contributed by atoms with Crippen molar-refractivity contribution in [3.8, 4) is 0 Å². The molecule has 0 unspecified atom stereocenters. The number of amides is 1. The molecule has 2 heterocycles. The summed E-state index contributed by atoms with van der Waals surface area (Å²) in [7, 11) is 0. The normalized spacial score (nSPS) is 17.0. The number of fused-ring (bicyclic) bond motifs is 1. The molecule has 2 N–H and O–H groups in total. The highest BCUT2D eigenvalue weighted by Gasteiger charge is 2.27. The summed E-state index contributed by atoms with van der Waals surface area (Å²) in [4.78, 5) is 17.6. The maximum atomic E-state index is 13.1. The Bertz CT molecular complexity index is 952. The van der Waals surface area contributed by atoms with E-state index in [4.69, 9.17) is 0 Å². The second-order valence-corrected chi connectivity index (χ2v) is 7.19. The fourth-order valence-corrected chi connectivity index (χ4v) is 3.67. The van der Waals surface area contributed by atoms with Crippen LogP contribution >= 0.6 is 0 Å². The minimum Gasteiger partial charge on any atom is -0.333 e. The molecule has 0 saturated carbocycles. The number of halogens is 1. The number of hydrogen-bond acceptors (Lipinski definition) is 3. The third kappa shape index (κ3) is 4.12. The SMILES string of the molecule is Cc1cn2c(n1)CC[C@H](N[C@H](C(=O)Nc1ccc(F)cc1)c1ccccc1)C2. The molecule has 2 aromatic carbocycles. The van der Waals surface area contributed by atoms with Crippen LogP contribution in [0, 0.1) is 12.7 Å². The lowest BCUT2D eigenvalue weighted by molar-refractivity contribution is -0.118. The van der Waals surface area contributed by atoms with Crippen molar-refractivity contribution in [3.05, 3.63) is 83.7 Å². The third-order valence-corrected chi connectivity index (χ3v) is 5.02. The molecule has 1 aromatic heterocycles. The van der Waals surface area contributed by atoms with Gasteiger partial charge in [-0.25, -0.2) is 9.37 Å². The summed E-state index contributed by atoms with van der Waals surface area (Å²) in [5.74, 6) is 0.609. The van der Waals surface area contributed by atoms with Crippen LogP contribution in [0.5, 0.6) is 0 Å². The highest BCUT2D eigenvalue weighted by molar-refractivity contribution is 5.95. The second-order valence-electron chi connectivity index (χ2n) is 7.19. The Hall–Kier alpha value is -2.99. The predicted octanol–water partition coefficient (Wildman–Crippen LogP) is 3.62. The molecule has 0 radical (unpaired) electrons. The van der Waals surface area contributed by atoms with Crippen LogP contribution in [0.15, 0.2) is 60.8 Å². The Morgan fingerprint density at radius 2 is 1.93 bits per heavy atom. The van der Waals surface area contributed by atoms with E-state index < -0.39 is 6.04 Å². The average molecular weight is 378 g/mol. The summed E-state index contributed by atoms with van der Waals surface area (Å²) in [6.07, 6.45) is 3.86. The van der Waals surface area contributed by atoms with Crippen LogP contribution in [-0.2, 0) is 17.8 Å². The van der Waals surface area contributed by atoms with E-state index in [1.807, 2.05) is 37.3 Å². The second kappa shape index (κ2) is 7.94. The lowest BCUT2D eigenvalue weighted by Gasteiger charge is -2.29. The van der Waals surface area contributed by atoms with E-state index in [1.54, 1.807) is 12.1 Å². The molecule has 1 aliphatic rings. The molecule has 1 aliphatic heterocycles. The summed E-state index contributed by atoms with van der Waals surface area (Å²) in [6.45, 7) is 2.78. The van der Waals surface area contributed by atoms with Gasteiger partial charge in [-0.1, -0.05) is 30.3 Å². The number of nitrogens with one attached hydrogen (secondary N) is 2. The van der Waals surface area contributed by atoms with Crippen molar-refractivity contribution in [1.82, 2.24) is 14.9 Å². The van der Waals surface area contributed by atoms with E-state index in [9.17, 15) is 9.18 Å². The molecule has 0 aliphatic carbocycles. The quantitative estimate of drug-likeness (QED) is 0.713. The molecule has 0 bridgehead atoms. The van der Waals surface area contributed by atoms with Gasteiger partial charge in [-0.3, -0.25) is 10.1 Å². The summed E-state index contributed by atoms with van der Waals surface area (Å²) in [6, 6.07) is 15.1. The van der Waals surface area contributed by atoms with Crippen molar-refractivity contribution >= 4 is 11.6 Å². The smallest absolute Gasteiger partial charge is 0.246 e. The number of imidazole rings is 1. The standard InChI is InChI=1S/C22H23FN4O/c1-15-13-27-14-19(11-12-20(27)24-15)25-21(16-5-3-2-4-6-16)22(28)26-18-9-7-17(23)8-10-18/h2-10,13,19,21,25H,11-12,14H2,1H3,(H,26,28)/t19-,21-/m0/s1. The molecule has 0 fully saturated rings. The zero-order valence-corrected chi connectivity index (χ0v) is 15.7. The largest absolute Gasteiger partial charge is 0.333 e. The van der Waals surface area contributed by atoms with Crippen molar-refractivity contribution in [2.24, 2.45) is 0 Å². The highest BCUT2D eigenvalue weighted by Crippen LogP contribution is 2.21. The number of rotatable bonds is 5. The van der Waals surface area contributed by atoms with Gasteiger partial charge in [-0.2, -0.15) is 0 Å². The third-order valence-electron chi connectivity index (χ3n) is 5.02. The molecule has 5 nitrogen and oxygen atoms in total. The van der Waals surface area contributed by atoms with E-state index in [2.05, 4.69) is 26.4 Å². The zero-order chi connectivity index (χ0) is 19.5. The zero-order valence-electron chi connectivity index (χ0n) is 15.7. The summed E-state index contributed by atoms with van der Waals surface area (Å²) in [5.41, 5.74) is 2.49. The van der Waals surface area contributed by atoms with Gasteiger partial charge in [-0.05, 0) is 43.2 Å². The summed E-state index contributed by atoms with van der Waals surface area (Å²) in [5, 5.41) is 6.41. The van der Waals surface area contributed by atoms with Crippen LogP contribution in [0.1, 0.15) is 29.5 Å². The van der Waals surface area contributed by atoms with Crippen molar-refractivity contribution in [3.63, 3.8) is 0 Å². The number of carbonyl (C=O) groups is 1. The molecule has 0 spiro atoms. The number of anilines is 1. The number of hydrogen-bond donors (Lipinski definition) is 2. The number of nitrogens with zero attached hydrogens (tertiary/aromatic N) is 2. The Labute approximate surface area is 163 Å². The Kier molecular flexibility index (Phi) is 5.21. The Balaban J connectivity index is 1.52. The fraction of sp³-hybridized carbons (Fsp3) is 0.273. The maximum Gasteiger partial charge on any atom is 0.246 e. The van der Waals surface area contributed by atoms with Crippen LogP contribution in [0.3, 0.4) is 0 Å². The molecule has 0 saturated heterocycles. The molecule has 6 heteroatoms. The van der Waals surface area contributed by atoms with Gasteiger partial charge in [0, 0.05) is 30.9 Å². The van der Waals surface area contributed by atoms with Gasteiger partial charge < -0.3 is 9.88 Å². The molecule has 1 amide bonds. The van der Waals surface area contributed by atoms with Crippen molar-refractivity contribution in [2.75, 3.05) is 5.32 Å². The lowest BCUT2D eigenvalue weighted by Crippen LogP contribution is -2.43. The van der Waals surface area contributed by atoms with E-state index >= 15 is 0 Å². The van der Waals surface area contributed by atoms with Crippen molar-refractivity contribution < 1.29 is 9.18 Å². The molecule has 3 aromatic rings. The van der Waals surface area contributed by atoms with Crippen LogP contribution in [-0.4, -0.2) is 21.5 Å². The molecule has 144 valence electrons. The van der Waals surface area contributed by atoms with Gasteiger partial charge in [0.25, 0.3) is 0 Å². The minimum absolute atomic E-state index is 0.158. The number of benzene rings is 2. The predicted molar refractivity (Wildman–Crippen MR) is 106 cm³/mol. The van der Waals surface area contributed by atoms with Crippen LogP contribution in [0.2, 0.25) is 0 Å². The number of carbonyl (C=O) groups excluding carboxylic acids is 1. The van der Waals surface area contributed by atoms with E-state index in [-0.39, 0.29) is 17.8 Å². The average Bonchev–Trinajstić information content (AvgIpc) is 3.07. The fourth-order valence-electron chi connectivity index (χ4n) is 3.67. The molecule has 4 rings (SSSR count). The molecular weight excluding hydrogens is 355 g/mol. The topological polar surface area (TPSA) is 59.0 Å². The van der Waals surface area contributed by atoms with Crippen LogP contribution < -0.4 is 10.6 Å². The maximum absolute atomic E-state index is 13.1. The van der Waals surface area contributed by atoms with Gasteiger partial charge in [-0.15, -0.1) is 0 Å². The van der Waals surface area contributed by atoms with Crippen LogP contribution in [0.4, 0.5) is 10.1 Å². The van der Waals surface area contributed by atoms with E-state index in [1.165, 1.54) is 12.1 Å². The summed E-state index contributed by atoms with van der Waals surface area (Å²) < 4.78 is 15.3. The minimum atomic E-state index is -0.498. The molecule has 28 heavy (non-hydrogen) atoms. The van der Waals surface area contributed by atoms with Crippen molar-refractivity contribution in [1.29, 1.82) is 0 Å². The van der Waals surface area contributed by atoms with Crippen molar-refractivity contribution in [2.45, 2.75) is 38.4 Å². The Morgan fingerprint density at radius 1 is 1.18 bits per heavy atom. The van der Waals surface area contributed by atoms with Gasteiger partial charge in [0.2, 0.25) is 5.91 Å². The van der Waals surface area contributed by atoms with Gasteiger partial charge in [0.1, 0.15) is 17.7 Å². The summed E-state index contributed by atoms with van der Waals surface area (Å²) >= 11 is 0.